The van der Waals surface area contributed by atoms with Gasteiger partial charge in [-0.1, -0.05) is 0 Å². The van der Waals surface area contributed by atoms with E-state index in [0.29, 0.717) is 5.56 Å². The molecule has 0 radical (unpaired) electrons. The average molecular weight is 225 g/mol. The van der Waals surface area contributed by atoms with Gasteiger partial charge >= 0.3 is 6.09 Å². The first-order chi connectivity index (χ1) is 7.28. The Morgan fingerprint density at radius 2 is 2.12 bits per heavy atom. The van der Waals surface area contributed by atoms with Crippen LogP contribution >= 0.6 is 0 Å². The number of nitrogens with zero attached hydrogens (tertiary/aromatic N) is 1. The number of ether oxygens (including phenoxy) is 1. The van der Waals surface area contributed by atoms with Gasteiger partial charge in [0.15, 0.2) is 0 Å². The van der Waals surface area contributed by atoms with Gasteiger partial charge < -0.3 is 4.74 Å². The van der Waals surface area contributed by atoms with Gasteiger partial charge in [-0.15, -0.1) is 0 Å². The second-order valence-corrected chi connectivity index (χ2v) is 4.37. The van der Waals surface area contributed by atoms with Crippen LogP contribution in [-0.4, -0.2) is 21.7 Å². The van der Waals surface area contributed by atoms with Gasteiger partial charge in [0, 0.05) is 11.8 Å². The van der Waals surface area contributed by atoms with Gasteiger partial charge in [0.1, 0.15) is 5.60 Å². The second-order valence-electron chi connectivity index (χ2n) is 4.37. The standard InChI is InChI=1S/C10H15N3O3/c1-6-5-11-8(12-7(6)14)13-9(15)16-10(2,3)4/h5H,1-4H3,(H2,11,12,13,14,15). The molecule has 0 aliphatic carbocycles. The maximum Gasteiger partial charge on any atom is 0.414 e. The fourth-order valence-corrected chi connectivity index (χ4v) is 0.922. The minimum absolute atomic E-state index is 0.0739. The Morgan fingerprint density at radius 3 is 2.62 bits per heavy atom. The summed E-state index contributed by atoms with van der Waals surface area (Å²) in [6.45, 7) is 6.87. The van der Waals surface area contributed by atoms with E-state index in [9.17, 15) is 9.59 Å². The first kappa shape index (κ1) is 12.2. The van der Waals surface area contributed by atoms with Crippen LogP contribution in [0.1, 0.15) is 26.3 Å². The molecule has 0 saturated heterocycles. The van der Waals surface area contributed by atoms with E-state index >= 15 is 0 Å². The first-order valence-corrected chi connectivity index (χ1v) is 4.84. The summed E-state index contributed by atoms with van der Waals surface area (Å²) in [4.78, 5) is 28.8. The molecule has 6 heteroatoms. The summed E-state index contributed by atoms with van der Waals surface area (Å²) in [5.41, 5.74) is -0.398. The molecule has 0 aliphatic rings. The van der Waals surface area contributed by atoms with Crippen molar-refractivity contribution in [2.75, 3.05) is 5.32 Å². The fourth-order valence-electron chi connectivity index (χ4n) is 0.922. The van der Waals surface area contributed by atoms with Crippen molar-refractivity contribution in [2.45, 2.75) is 33.3 Å². The van der Waals surface area contributed by atoms with Crippen molar-refractivity contribution >= 4 is 12.0 Å². The second kappa shape index (κ2) is 4.34. The number of amides is 1. The molecular weight excluding hydrogens is 210 g/mol. The molecule has 1 rings (SSSR count). The number of hydrogen-bond acceptors (Lipinski definition) is 4. The smallest absolute Gasteiger partial charge is 0.414 e. The van der Waals surface area contributed by atoms with Crippen LogP contribution in [0.15, 0.2) is 11.0 Å². The van der Waals surface area contributed by atoms with Gasteiger partial charge in [0.25, 0.3) is 5.56 Å². The third-order valence-corrected chi connectivity index (χ3v) is 1.60. The monoisotopic (exact) mass is 225 g/mol. The van der Waals surface area contributed by atoms with E-state index in [1.165, 1.54) is 6.20 Å². The SMILES string of the molecule is Cc1cnc(NC(=O)OC(C)(C)C)[nH]c1=O. The molecule has 0 unspecified atom stereocenters. The van der Waals surface area contributed by atoms with Crippen molar-refractivity contribution in [3.63, 3.8) is 0 Å². The number of nitrogens with one attached hydrogen (secondary N) is 2. The third kappa shape index (κ3) is 3.72. The molecule has 1 aromatic heterocycles. The largest absolute Gasteiger partial charge is 0.444 e. The number of aryl methyl sites for hydroxylation is 1. The predicted molar refractivity (Wildman–Crippen MR) is 59.5 cm³/mol. The van der Waals surface area contributed by atoms with Crippen LogP contribution in [0.3, 0.4) is 0 Å². The molecule has 88 valence electrons. The lowest BCUT2D eigenvalue weighted by Gasteiger charge is -2.19. The van der Waals surface area contributed by atoms with E-state index in [-0.39, 0.29) is 11.5 Å². The molecule has 0 fully saturated rings. The van der Waals surface area contributed by atoms with Gasteiger partial charge in [0.2, 0.25) is 5.95 Å². The lowest BCUT2D eigenvalue weighted by atomic mass is 10.2. The quantitative estimate of drug-likeness (QED) is 0.757. The molecule has 16 heavy (non-hydrogen) atoms. The minimum Gasteiger partial charge on any atom is -0.444 e. The zero-order valence-corrected chi connectivity index (χ0v) is 9.75. The van der Waals surface area contributed by atoms with Crippen molar-refractivity contribution < 1.29 is 9.53 Å². The Kier molecular flexibility index (Phi) is 3.31. The number of H-pyrrole nitrogens is 1. The van der Waals surface area contributed by atoms with Gasteiger partial charge in [-0.05, 0) is 27.7 Å². The number of aromatic nitrogens is 2. The zero-order valence-electron chi connectivity index (χ0n) is 9.75. The topological polar surface area (TPSA) is 84.1 Å². The molecule has 1 heterocycles. The van der Waals surface area contributed by atoms with Crippen LogP contribution < -0.4 is 10.9 Å². The first-order valence-electron chi connectivity index (χ1n) is 4.84. The van der Waals surface area contributed by atoms with E-state index in [0.717, 1.165) is 0 Å². The molecule has 0 spiro atoms. The summed E-state index contributed by atoms with van der Waals surface area (Å²) in [5.74, 6) is 0.0739. The van der Waals surface area contributed by atoms with Crippen molar-refractivity contribution in [3.8, 4) is 0 Å². The van der Waals surface area contributed by atoms with Gasteiger partial charge in [-0.25, -0.2) is 9.78 Å². The van der Waals surface area contributed by atoms with Gasteiger partial charge in [-0.3, -0.25) is 15.1 Å². The molecule has 0 atom stereocenters. The molecule has 1 aromatic rings. The molecule has 0 aromatic carbocycles. The highest BCUT2D eigenvalue weighted by Gasteiger charge is 2.16. The zero-order chi connectivity index (χ0) is 12.3. The van der Waals surface area contributed by atoms with Gasteiger partial charge in [0.05, 0.1) is 0 Å². The fraction of sp³-hybridized carbons (Fsp3) is 0.500. The summed E-state index contributed by atoms with van der Waals surface area (Å²) in [6.07, 6.45) is 0.727. The summed E-state index contributed by atoms with van der Waals surface area (Å²) < 4.78 is 5.00. The third-order valence-electron chi connectivity index (χ3n) is 1.60. The van der Waals surface area contributed by atoms with E-state index in [4.69, 9.17) is 4.74 Å². The Labute approximate surface area is 93.0 Å². The molecule has 0 aliphatic heterocycles. The van der Waals surface area contributed by atoms with Crippen molar-refractivity contribution in [1.82, 2.24) is 9.97 Å². The molecule has 1 amide bonds. The lowest BCUT2D eigenvalue weighted by molar-refractivity contribution is 0.0634. The summed E-state index contributed by atoms with van der Waals surface area (Å²) in [5, 5.41) is 2.34. The number of carbonyl (C=O) groups excluding carboxylic acids is 1. The van der Waals surface area contributed by atoms with Gasteiger partial charge in [-0.2, -0.15) is 0 Å². The Morgan fingerprint density at radius 1 is 1.50 bits per heavy atom. The van der Waals surface area contributed by atoms with Crippen molar-refractivity contribution in [1.29, 1.82) is 0 Å². The molecule has 2 N–H and O–H groups in total. The van der Waals surface area contributed by atoms with E-state index < -0.39 is 11.7 Å². The maximum absolute atomic E-state index is 11.3. The number of anilines is 1. The lowest BCUT2D eigenvalue weighted by Crippen LogP contribution is -2.28. The normalized spacial score (nSPS) is 11.0. The maximum atomic E-state index is 11.3. The number of carbonyl (C=O) groups is 1. The molecule has 6 nitrogen and oxygen atoms in total. The molecular formula is C10H15N3O3. The Bertz CT molecular complexity index is 445. The average Bonchev–Trinajstić information content (AvgIpc) is 2.08. The van der Waals surface area contributed by atoms with Crippen LogP contribution in [0.25, 0.3) is 0 Å². The minimum atomic E-state index is -0.653. The van der Waals surface area contributed by atoms with Crippen LogP contribution in [0.5, 0.6) is 0 Å². The van der Waals surface area contributed by atoms with E-state index in [1.807, 2.05) is 0 Å². The highest BCUT2D eigenvalue weighted by Crippen LogP contribution is 2.08. The molecule has 0 bridgehead atoms. The number of rotatable bonds is 1. The van der Waals surface area contributed by atoms with E-state index in [2.05, 4.69) is 15.3 Å². The Hall–Kier alpha value is -1.85. The summed E-state index contributed by atoms with van der Waals surface area (Å²) >= 11 is 0. The summed E-state index contributed by atoms with van der Waals surface area (Å²) in [6, 6.07) is 0. The van der Waals surface area contributed by atoms with Crippen LogP contribution in [0.2, 0.25) is 0 Å². The van der Waals surface area contributed by atoms with Crippen LogP contribution in [0, 0.1) is 6.92 Å². The highest BCUT2D eigenvalue weighted by molar-refractivity contribution is 5.82. The van der Waals surface area contributed by atoms with Crippen molar-refractivity contribution in [3.05, 3.63) is 22.1 Å². The number of hydrogen-bond donors (Lipinski definition) is 2. The molecule has 0 saturated carbocycles. The summed E-state index contributed by atoms with van der Waals surface area (Å²) in [7, 11) is 0. The predicted octanol–water partition coefficient (Wildman–Crippen LogP) is 1.43. The van der Waals surface area contributed by atoms with Crippen LogP contribution in [0.4, 0.5) is 10.7 Å². The number of aromatic amines is 1. The van der Waals surface area contributed by atoms with E-state index in [1.54, 1.807) is 27.7 Å². The van der Waals surface area contributed by atoms with Crippen molar-refractivity contribution in [2.24, 2.45) is 0 Å². The highest BCUT2D eigenvalue weighted by atomic mass is 16.6. The van der Waals surface area contributed by atoms with Crippen LogP contribution in [-0.2, 0) is 4.74 Å². The Balaban J connectivity index is 2.71.